The third-order valence-corrected chi connectivity index (χ3v) is 10.1. The van der Waals surface area contributed by atoms with E-state index in [9.17, 15) is 0 Å². The lowest BCUT2D eigenvalue weighted by Gasteiger charge is -2.33. The van der Waals surface area contributed by atoms with E-state index in [-0.39, 0.29) is 5.41 Å². The van der Waals surface area contributed by atoms with Gasteiger partial charge in [-0.1, -0.05) is 105 Å². The van der Waals surface area contributed by atoms with E-state index < -0.39 is 0 Å². The van der Waals surface area contributed by atoms with Crippen LogP contribution in [0.5, 0.6) is 11.5 Å². The van der Waals surface area contributed by atoms with Crippen molar-refractivity contribution in [3.63, 3.8) is 0 Å². The van der Waals surface area contributed by atoms with Crippen LogP contribution in [0.15, 0.2) is 145 Å². The van der Waals surface area contributed by atoms with Crippen molar-refractivity contribution in [2.24, 2.45) is 0 Å². The fourth-order valence-electron chi connectivity index (χ4n) is 7.60. The van der Waals surface area contributed by atoms with Crippen molar-refractivity contribution in [2.45, 2.75) is 39.0 Å². The molecule has 3 heteroatoms. The molecule has 0 atom stereocenters. The molecule has 0 fully saturated rings. The topological polar surface area (TPSA) is 15.7 Å². The van der Waals surface area contributed by atoms with Crippen LogP contribution in [0.1, 0.15) is 55.9 Å². The maximum Gasteiger partial charge on any atom is 0.151 e. The summed E-state index contributed by atoms with van der Waals surface area (Å²) in [6.45, 7) is 11.9. The molecule has 8 rings (SSSR count). The summed E-state index contributed by atoms with van der Waals surface area (Å²) in [5, 5.41) is 0. The van der Waals surface area contributed by atoms with E-state index in [0.717, 1.165) is 53.5 Å². The summed E-state index contributed by atoms with van der Waals surface area (Å²) in [5.41, 5.74) is 14.8. The number of benzene rings is 5. The van der Waals surface area contributed by atoms with E-state index >= 15 is 0 Å². The van der Waals surface area contributed by atoms with E-state index in [1.54, 1.807) is 0 Å². The van der Waals surface area contributed by atoms with Crippen LogP contribution < -0.4 is 14.5 Å². The molecule has 236 valence electrons. The number of hydrogen-bond acceptors (Lipinski definition) is 3. The van der Waals surface area contributed by atoms with Gasteiger partial charge in [-0.15, -0.1) is 0 Å². The first-order chi connectivity index (χ1) is 23.5. The van der Waals surface area contributed by atoms with Crippen LogP contribution in [-0.4, -0.2) is 6.54 Å². The standard InChI is InChI=1S/C45H40N2O/c1-5-12-40-33(6-2)13-11-28-46(40)35-25-27-37-36-26-22-32(29-38(36)45(3,4)39(37)30-35)19-18-31-20-23-34(24-21-31)47-41-14-7-9-16-43(41)48-44-17-10-8-15-42(44)47/h5-10,12,14-27,29-30H,2,11,13,28H2,1,3-4H3/b12-5-,19-18+. The fraction of sp³-hybridized carbons (Fsp3) is 0.156. The number of fused-ring (bicyclic) bond motifs is 5. The molecule has 3 aliphatic rings. The minimum absolute atomic E-state index is 0.0988. The normalized spacial score (nSPS) is 16.1. The first-order valence-corrected chi connectivity index (χ1v) is 17.0. The molecule has 5 aromatic rings. The van der Waals surface area contributed by atoms with Gasteiger partial charge in [0, 0.05) is 29.0 Å². The Morgan fingerprint density at radius 1 is 0.688 bits per heavy atom. The Hall–Kier alpha value is -5.54. The van der Waals surface area contributed by atoms with Crippen LogP contribution >= 0.6 is 0 Å². The van der Waals surface area contributed by atoms with Crippen LogP contribution in [0.4, 0.5) is 22.7 Å². The van der Waals surface area contributed by atoms with Crippen LogP contribution in [0.25, 0.3) is 23.3 Å². The molecule has 3 nitrogen and oxygen atoms in total. The molecule has 2 aliphatic heterocycles. The second kappa shape index (κ2) is 11.9. The van der Waals surface area contributed by atoms with Crippen molar-refractivity contribution in [1.82, 2.24) is 0 Å². The lowest BCUT2D eigenvalue weighted by molar-refractivity contribution is 0.477. The van der Waals surface area contributed by atoms with Gasteiger partial charge in [-0.3, -0.25) is 0 Å². The number of rotatable bonds is 6. The lowest BCUT2D eigenvalue weighted by atomic mass is 9.81. The molecule has 0 amide bonds. The summed E-state index contributed by atoms with van der Waals surface area (Å²) in [6.07, 6.45) is 13.1. The predicted molar refractivity (Wildman–Crippen MR) is 203 cm³/mol. The summed E-state index contributed by atoms with van der Waals surface area (Å²) < 4.78 is 6.20. The van der Waals surface area contributed by atoms with Crippen molar-refractivity contribution in [2.75, 3.05) is 16.3 Å². The minimum atomic E-state index is -0.0988. The van der Waals surface area contributed by atoms with Crippen LogP contribution in [0, 0.1) is 0 Å². The quantitative estimate of drug-likeness (QED) is 0.172. The van der Waals surface area contributed by atoms with Crippen molar-refractivity contribution in [1.29, 1.82) is 0 Å². The van der Waals surface area contributed by atoms with Gasteiger partial charge in [0.1, 0.15) is 0 Å². The molecule has 0 unspecified atom stereocenters. The highest BCUT2D eigenvalue weighted by Crippen LogP contribution is 2.51. The average molecular weight is 625 g/mol. The third kappa shape index (κ3) is 4.98. The monoisotopic (exact) mass is 624 g/mol. The molecule has 0 bridgehead atoms. The van der Waals surface area contributed by atoms with Crippen LogP contribution in [0.3, 0.4) is 0 Å². The SMILES string of the molecule is C=CC1=C(/C=C\C)N(c2ccc3c(c2)C(C)(C)c2cc(/C=C/c4ccc(N5c6ccccc6Oc6ccccc65)cc4)ccc2-3)CCC1. The van der Waals surface area contributed by atoms with E-state index in [0.29, 0.717) is 0 Å². The second-order valence-corrected chi connectivity index (χ2v) is 13.3. The number of hydrogen-bond donors (Lipinski definition) is 0. The molecule has 48 heavy (non-hydrogen) atoms. The zero-order valence-corrected chi connectivity index (χ0v) is 27.9. The van der Waals surface area contributed by atoms with Crippen molar-refractivity contribution in [3.05, 3.63) is 168 Å². The Kier molecular flexibility index (Phi) is 7.41. The number of nitrogens with zero attached hydrogens (tertiary/aromatic N) is 2. The molecule has 0 saturated carbocycles. The van der Waals surface area contributed by atoms with Crippen LogP contribution in [0.2, 0.25) is 0 Å². The second-order valence-electron chi connectivity index (χ2n) is 13.3. The van der Waals surface area contributed by atoms with E-state index in [2.05, 4.69) is 146 Å². The Labute approximate surface area is 284 Å². The van der Waals surface area contributed by atoms with E-state index in [1.807, 2.05) is 30.3 Å². The summed E-state index contributed by atoms with van der Waals surface area (Å²) >= 11 is 0. The Morgan fingerprint density at radius 2 is 1.29 bits per heavy atom. The number of para-hydroxylation sites is 4. The average Bonchev–Trinajstić information content (AvgIpc) is 3.35. The highest BCUT2D eigenvalue weighted by atomic mass is 16.5. The van der Waals surface area contributed by atoms with Gasteiger partial charge in [-0.2, -0.15) is 0 Å². The highest BCUT2D eigenvalue weighted by molar-refractivity contribution is 5.87. The molecule has 1 aliphatic carbocycles. The van der Waals surface area contributed by atoms with Crippen molar-refractivity contribution >= 4 is 34.9 Å². The molecule has 0 radical (unpaired) electrons. The third-order valence-electron chi connectivity index (χ3n) is 10.1. The zero-order chi connectivity index (χ0) is 32.8. The molecule has 5 aromatic carbocycles. The van der Waals surface area contributed by atoms with Gasteiger partial charge in [-0.05, 0) is 113 Å². The van der Waals surface area contributed by atoms with Gasteiger partial charge in [0.2, 0.25) is 0 Å². The highest BCUT2D eigenvalue weighted by Gasteiger charge is 2.36. The number of ether oxygens (including phenoxy) is 1. The summed E-state index contributed by atoms with van der Waals surface area (Å²) in [4.78, 5) is 4.74. The fourth-order valence-corrected chi connectivity index (χ4v) is 7.60. The lowest BCUT2D eigenvalue weighted by Crippen LogP contribution is -2.28. The van der Waals surface area contributed by atoms with Crippen molar-refractivity contribution in [3.8, 4) is 22.6 Å². The number of anilines is 4. The largest absolute Gasteiger partial charge is 0.453 e. The van der Waals surface area contributed by atoms with Gasteiger partial charge < -0.3 is 14.5 Å². The van der Waals surface area contributed by atoms with Crippen LogP contribution in [-0.2, 0) is 5.41 Å². The molecule has 0 N–H and O–H groups in total. The Balaban J connectivity index is 1.06. The zero-order valence-electron chi connectivity index (χ0n) is 27.9. The predicted octanol–water partition coefficient (Wildman–Crippen LogP) is 12.4. The molecular weight excluding hydrogens is 585 g/mol. The molecule has 0 saturated heterocycles. The van der Waals surface area contributed by atoms with Gasteiger partial charge >= 0.3 is 0 Å². The maximum atomic E-state index is 6.20. The van der Waals surface area contributed by atoms with E-state index in [4.69, 9.17) is 4.74 Å². The van der Waals surface area contributed by atoms with Gasteiger partial charge in [0.15, 0.2) is 11.5 Å². The van der Waals surface area contributed by atoms with E-state index in [1.165, 1.54) is 44.8 Å². The summed E-state index contributed by atoms with van der Waals surface area (Å²) in [5.74, 6) is 1.73. The molecule has 0 aromatic heterocycles. The first-order valence-electron chi connectivity index (χ1n) is 17.0. The Morgan fingerprint density at radius 3 is 1.98 bits per heavy atom. The molecular formula is C45H40N2O. The molecule has 2 heterocycles. The first kappa shape index (κ1) is 29.8. The number of allylic oxidation sites excluding steroid dienone is 4. The van der Waals surface area contributed by atoms with Gasteiger partial charge in [0.25, 0.3) is 0 Å². The van der Waals surface area contributed by atoms with Crippen molar-refractivity contribution < 1.29 is 4.74 Å². The molecule has 0 spiro atoms. The summed E-state index contributed by atoms with van der Waals surface area (Å²) in [6, 6.07) is 39.2. The van der Waals surface area contributed by atoms with Gasteiger partial charge in [-0.25, -0.2) is 0 Å². The Bertz CT molecular complexity index is 2100. The minimum Gasteiger partial charge on any atom is -0.453 e. The maximum absolute atomic E-state index is 6.20. The van der Waals surface area contributed by atoms with Gasteiger partial charge in [0.05, 0.1) is 11.4 Å². The summed E-state index contributed by atoms with van der Waals surface area (Å²) in [7, 11) is 0. The smallest absolute Gasteiger partial charge is 0.151 e.